The third kappa shape index (κ3) is 4.45. The molecular weight excluding hydrogens is 418 g/mol. The summed E-state index contributed by atoms with van der Waals surface area (Å²) in [7, 11) is 0. The maximum atomic E-state index is 13.5. The molecule has 1 saturated carbocycles. The normalized spacial score (nSPS) is 14.6. The number of benzene rings is 2. The van der Waals surface area contributed by atoms with Gasteiger partial charge < -0.3 is 16.0 Å². The molecule has 2 aromatic carbocycles. The molecule has 0 radical (unpaired) electrons. The van der Waals surface area contributed by atoms with Crippen LogP contribution >= 0.6 is 22.9 Å². The Balaban J connectivity index is 1.59. The van der Waals surface area contributed by atoms with Crippen LogP contribution in [0.2, 0.25) is 5.02 Å². The highest BCUT2D eigenvalue weighted by Gasteiger charge is 2.30. The third-order valence-electron chi connectivity index (χ3n) is 5.49. The number of halogens is 1. The minimum Gasteiger partial charge on any atom is -0.399 e. The van der Waals surface area contributed by atoms with Crippen molar-refractivity contribution in [1.82, 2.24) is 4.90 Å². The van der Waals surface area contributed by atoms with Crippen LogP contribution in [0.3, 0.4) is 0 Å². The monoisotopic (exact) mass is 441 g/mol. The van der Waals surface area contributed by atoms with Crippen LogP contribution in [-0.2, 0) is 4.79 Å². The van der Waals surface area contributed by atoms with E-state index in [1.807, 2.05) is 24.3 Å². The van der Waals surface area contributed by atoms with Crippen molar-refractivity contribution in [2.75, 3.05) is 17.6 Å². The van der Waals surface area contributed by atoms with Crippen molar-refractivity contribution in [3.63, 3.8) is 0 Å². The lowest BCUT2D eigenvalue weighted by Crippen LogP contribution is -2.45. The molecule has 5 nitrogen and oxygen atoms in total. The first-order valence-corrected chi connectivity index (χ1v) is 11.4. The predicted molar refractivity (Wildman–Crippen MR) is 124 cm³/mol. The summed E-state index contributed by atoms with van der Waals surface area (Å²) in [5.74, 6) is -0.410. The van der Waals surface area contributed by atoms with Gasteiger partial charge in [-0.1, -0.05) is 55.1 Å². The van der Waals surface area contributed by atoms with E-state index in [1.165, 1.54) is 11.3 Å². The van der Waals surface area contributed by atoms with Crippen molar-refractivity contribution in [3.8, 4) is 0 Å². The number of hydrogen-bond donors (Lipinski definition) is 2. The van der Waals surface area contributed by atoms with Gasteiger partial charge in [-0.2, -0.15) is 0 Å². The van der Waals surface area contributed by atoms with Gasteiger partial charge in [0.25, 0.3) is 5.91 Å². The maximum absolute atomic E-state index is 13.5. The SMILES string of the molecule is Nc1cccc(NC(=O)CN(C(=O)c2sc3ccccc3c2Cl)C2CCCCC2)c1. The number of rotatable bonds is 5. The fraction of sp³-hybridized carbons (Fsp3) is 0.304. The van der Waals surface area contributed by atoms with Gasteiger partial charge in [0.1, 0.15) is 11.4 Å². The fourth-order valence-electron chi connectivity index (χ4n) is 4.01. The molecule has 3 aromatic rings. The minimum atomic E-state index is -0.239. The molecule has 0 atom stereocenters. The topological polar surface area (TPSA) is 75.4 Å². The molecule has 7 heteroatoms. The molecular formula is C23H24ClN3O2S. The molecule has 0 bridgehead atoms. The van der Waals surface area contributed by atoms with Gasteiger partial charge in [0.05, 0.1) is 5.02 Å². The fourth-order valence-corrected chi connectivity index (χ4v) is 5.48. The molecule has 1 aromatic heterocycles. The smallest absolute Gasteiger partial charge is 0.266 e. The van der Waals surface area contributed by atoms with E-state index in [1.54, 1.807) is 29.2 Å². The van der Waals surface area contributed by atoms with Crippen LogP contribution < -0.4 is 11.1 Å². The first kappa shape index (κ1) is 20.7. The van der Waals surface area contributed by atoms with Gasteiger partial charge in [0.2, 0.25) is 5.91 Å². The number of thiophene rings is 1. The quantitative estimate of drug-likeness (QED) is 0.509. The molecule has 2 amide bonds. The lowest BCUT2D eigenvalue weighted by atomic mass is 9.94. The largest absolute Gasteiger partial charge is 0.399 e. The summed E-state index contributed by atoms with van der Waals surface area (Å²) in [6.07, 6.45) is 5.09. The predicted octanol–water partition coefficient (Wildman–Crippen LogP) is 5.55. The van der Waals surface area contributed by atoms with Crippen molar-refractivity contribution < 1.29 is 9.59 Å². The van der Waals surface area contributed by atoms with Gasteiger partial charge in [-0.05, 0) is 37.1 Å². The Hall–Kier alpha value is -2.57. The Bertz CT molecular complexity index is 1080. The molecule has 30 heavy (non-hydrogen) atoms. The molecule has 1 fully saturated rings. The maximum Gasteiger partial charge on any atom is 0.266 e. The second kappa shape index (κ2) is 9.06. The summed E-state index contributed by atoms with van der Waals surface area (Å²) in [5, 5.41) is 4.20. The second-order valence-corrected chi connectivity index (χ2v) is 9.07. The summed E-state index contributed by atoms with van der Waals surface area (Å²) in [4.78, 5) is 28.5. The highest BCUT2D eigenvalue weighted by Crippen LogP contribution is 2.37. The first-order valence-electron chi connectivity index (χ1n) is 10.2. The van der Waals surface area contributed by atoms with Crippen LogP contribution in [0.5, 0.6) is 0 Å². The number of hydrogen-bond acceptors (Lipinski definition) is 4. The van der Waals surface area contributed by atoms with Gasteiger partial charge in [0.15, 0.2) is 0 Å². The van der Waals surface area contributed by atoms with Crippen LogP contribution in [0, 0.1) is 0 Å². The molecule has 1 heterocycles. The molecule has 1 aliphatic carbocycles. The van der Waals surface area contributed by atoms with Crippen molar-refractivity contribution in [1.29, 1.82) is 0 Å². The lowest BCUT2D eigenvalue weighted by Gasteiger charge is -2.33. The Labute approximate surface area is 184 Å². The van der Waals surface area contributed by atoms with Gasteiger partial charge in [-0.25, -0.2) is 0 Å². The van der Waals surface area contributed by atoms with E-state index in [0.717, 1.165) is 42.2 Å². The molecule has 0 unspecified atom stereocenters. The summed E-state index contributed by atoms with van der Waals surface area (Å²) >= 11 is 7.95. The number of fused-ring (bicyclic) bond motifs is 1. The number of anilines is 2. The lowest BCUT2D eigenvalue weighted by molar-refractivity contribution is -0.117. The number of nitrogens with one attached hydrogen (secondary N) is 1. The molecule has 4 rings (SSSR count). The Kier molecular flexibility index (Phi) is 6.25. The zero-order valence-electron chi connectivity index (χ0n) is 16.6. The van der Waals surface area contributed by atoms with E-state index >= 15 is 0 Å². The van der Waals surface area contributed by atoms with Crippen LogP contribution in [0.4, 0.5) is 11.4 Å². The Morgan fingerprint density at radius 2 is 1.87 bits per heavy atom. The van der Waals surface area contributed by atoms with E-state index in [4.69, 9.17) is 17.3 Å². The van der Waals surface area contributed by atoms with Crippen molar-refractivity contribution in [2.24, 2.45) is 0 Å². The van der Waals surface area contributed by atoms with Gasteiger partial charge >= 0.3 is 0 Å². The summed E-state index contributed by atoms with van der Waals surface area (Å²) in [6.45, 7) is -0.0110. The molecule has 3 N–H and O–H groups in total. The van der Waals surface area contributed by atoms with Crippen LogP contribution in [0.15, 0.2) is 48.5 Å². The molecule has 1 aliphatic rings. The first-order chi connectivity index (χ1) is 14.5. The number of carbonyl (C=O) groups is 2. The second-order valence-electron chi connectivity index (χ2n) is 7.64. The van der Waals surface area contributed by atoms with Crippen LogP contribution in [0.1, 0.15) is 41.8 Å². The molecule has 0 spiro atoms. The Morgan fingerprint density at radius 3 is 2.60 bits per heavy atom. The van der Waals surface area contributed by atoms with E-state index < -0.39 is 0 Å². The van der Waals surface area contributed by atoms with Gasteiger partial charge in [-0.3, -0.25) is 9.59 Å². The number of nitrogens with two attached hydrogens (primary N) is 1. The van der Waals surface area contributed by atoms with E-state index in [-0.39, 0.29) is 24.4 Å². The zero-order chi connectivity index (χ0) is 21.1. The van der Waals surface area contributed by atoms with Gasteiger partial charge in [-0.15, -0.1) is 11.3 Å². The van der Waals surface area contributed by atoms with Crippen molar-refractivity contribution in [2.45, 2.75) is 38.1 Å². The standard InChI is InChI=1S/C23H24ClN3O2S/c24-21-18-11-4-5-12-19(18)30-22(21)23(29)27(17-9-2-1-3-10-17)14-20(28)26-16-8-6-7-15(25)13-16/h4-8,11-13,17H,1-3,9-10,14,25H2,(H,26,28). The summed E-state index contributed by atoms with van der Waals surface area (Å²) in [6, 6.07) is 14.8. The molecule has 0 saturated heterocycles. The molecule has 156 valence electrons. The number of nitrogens with zero attached hydrogens (tertiary/aromatic N) is 1. The zero-order valence-corrected chi connectivity index (χ0v) is 18.1. The van der Waals surface area contributed by atoms with Crippen molar-refractivity contribution in [3.05, 3.63) is 58.4 Å². The minimum absolute atomic E-state index is 0.0110. The summed E-state index contributed by atoms with van der Waals surface area (Å²) in [5.41, 5.74) is 7.00. The summed E-state index contributed by atoms with van der Waals surface area (Å²) < 4.78 is 0.971. The third-order valence-corrected chi connectivity index (χ3v) is 7.15. The van der Waals surface area contributed by atoms with Gasteiger partial charge in [0, 0.05) is 27.5 Å². The van der Waals surface area contributed by atoms with Crippen LogP contribution in [-0.4, -0.2) is 29.3 Å². The average molecular weight is 442 g/mol. The number of amides is 2. The number of carbonyl (C=O) groups excluding carboxylic acids is 2. The van der Waals surface area contributed by atoms with Crippen LogP contribution in [0.25, 0.3) is 10.1 Å². The average Bonchev–Trinajstić information content (AvgIpc) is 3.09. The van der Waals surface area contributed by atoms with E-state index in [0.29, 0.717) is 21.3 Å². The van der Waals surface area contributed by atoms with Crippen molar-refractivity contribution >= 4 is 56.2 Å². The van der Waals surface area contributed by atoms with E-state index in [2.05, 4.69) is 5.32 Å². The number of nitrogen functional groups attached to an aromatic ring is 1. The van der Waals surface area contributed by atoms with E-state index in [9.17, 15) is 9.59 Å². The molecule has 0 aliphatic heterocycles. The Morgan fingerprint density at radius 1 is 1.10 bits per heavy atom. The highest BCUT2D eigenvalue weighted by atomic mass is 35.5. The highest BCUT2D eigenvalue weighted by molar-refractivity contribution is 7.21.